The molecule has 1 aliphatic rings. The summed E-state index contributed by atoms with van der Waals surface area (Å²) in [5, 5.41) is 7.32. The van der Waals surface area contributed by atoms with E-state index < -0.39 is 0 Å². The Labute approximate surface area is 180 Å². The number of carbonyl (C=O) groups excluding carboxylic acids is 1. The van der Waals surface area contributed by atoms with Crippen LogP contribution in [0.2, 0.25) is 0 Å². The van der Waals surface area contributed by atoms with Crippen LogP contribution >= 0.6 is 11.3 Å². The first kappa shape index (κ1) is 20.6. The maximum atomic E-state index is 11.5. The van der Waals surface area contributed by atoms with Gasteiger partial charge in [0.2, 0.25) is 5.91 Å². The average Bonchev–Trinajstić information content (AvgIpc) is 3.30. The van der Waals surface area contributed by atoms with Gasteiger partial charge in [0.05, 0.1) is 24.7 Å². The molecule has 0 spiro atoms. The molecule has 0 radical (unpaired) electrons. The molecular weight excluding hydrogens is 398 g/mol. The van der Waals surface area contributed by atoms with Crippen LogP contribution in [0.4, 0.5) is 17.2 Å². The summed E-state index contributed by atoms with van der Waals surface area (Å²) >= 11 is 1.70. The monoisotopic (exact) mass is 425 g/mol. The Hall–Kier alpha value is -2.71. The van der Waals surface area contributed by atoms with Crippen molar-refractivity contribution in [2.45, 2.75) is 40.2 Å². The molecular formula is C22H27N5O2S. The minimum Gasteiger partial charge on any atom is -0.495 e. The van der Waals surface area contributed by atoms with E-state index in [9.17, 15) is 4.79 Å². The molecule has 30 heavy (non-hydrogen) atoms. The van der Waals surface area contributed by atoms with Gasteiger partial charge in [0.25, 0.3) is 0 Å². The number of anilines is 3. The largest absolute Gasteiger partial charge is 0.495 e. The van der Waals surface area contributed by atoms with Gasteiger partial charge in [0.1, 0.15) is 22.2 Å². The number of likely N-dealkylation sites (tertiary alicyclic amines) is 1. The Morgan fingerprint density at radius 1 is 1.23 bits per heavy atom. The normalized spacial score (nSPS) is 14.3. The summed E-state index contributed by atoms with van der Waals surface area (Å²) in [6.45, 7) is 8.66. The molecule has 0 aliphatic carbocycles. The van der Waals surface area contributed by atoms with Crippen molar-refractivity contribution >= 4 is 44.7 Å². The van der Waals surface area contributed by atoms with Crippen molar-refractivity contribution in [1.82, 2.24) is 14.9 Å². The third kappa shape index (κ3) is 4.24. The van der Waals surface area contributed by atoms with Crippen LogP contribution in [-0.4, -0.2) is 41.0 Å². The topological polar surface area (TPSA) is 79.4 Å². The second-order valence-corrected chi connectivity index (χ2v) is 8.86. The summed E-state index contributed by atoms with van der Waals surface area (Å²) in [4.78, 5) is 25.9. The summed E-state index contributed by atoms with van der Waals surface area (Å²) in [5.74, 6) is 2.16. The summed E-state index contributed by atoms with van der Waals surface area (Å²) in [6, 6.07) is 5.52. The molecule has 0 atom stereocenters. The van der Waals surface area contributed by atoms with Gasteiger partial charge in [0, 0.05) is 17.5 Å². The molecule has 8 heteroatoms. The van der Waals surface area contributed by atoms with Crippen molar-refractivity contribution < 1.29 is 9.53 Å². The number of carbonyl (C=O) groups is 1. The third-order valence-corrected chi connectivity index (χ3v) is 6.51. The number of hydrogen-bond acceptors (Lipinski definition) is 7. The molecule has 1 amide bonds. The van der Waals surface area contributed by atoms with Crippen molar-refractivity contribution in [2.24, 2.45) is 0 Å². The molecule has 3 heterocycles. The van der Waals surface area contributed by atoms with Gasteiger partial charge in [-0.1, -0.05) is 0 Å². The van der Waals surface area contributed by atoms with Gasteiger partial charge >= 0.3 is 0 Å². The number of benzene rings is 1. The second-order valence-electron chi connectivity index (χ2n) is 7.66. The zero-order valence-electron chi connectivity index (χ0n) is 17.8. The molecule has 0 unspecified atom stereocenters. The van der Waals surface area contributed by atoms with Crippen LogP contribution < -0.4 is 15.4 Å². The number of hydrogen-bond donors (Lipinski definition) is 2. The van der Waals surface area contributed by atoms with E-state index in [2.05, 4.69) is 29.4 Å². The molecule has 0 saturated carbocycles. The Bertz CT molecular complexity index is 1090. The standard InChI is InChI=1S/C22H27N5O2S/c1-13-14(2)30-22-20(13)21(25-19(26-22)12-27-9-5-6-10-27)24-17-11-16(23-15(3)28)7-8-18(17)29-4/h7-8,11H,5-6,9-10,12H2,1-4H3,(H,23,28)(H,24,25,26). The zero-order valence-corrected chi connectivity index (χ0v) is 18.7. The number of nitrogens with zero attached hydrogens (tertiary/aromatic N) is 3. The first-order valence-corrected chi connectivity index (χ1v) is 11.0. The Morgan fingerprint density at radius 3 is 2.70 bits per heavy atom. The van der Waals surface area contributed by atoms with Crippen LogP contribution in [0.25, 0.3) is 10.2 Å². The number of nitrogens with one attached hydrogen (secondary N) is 2. The quantitative estimate of drug-likeness (QED) is 0.600. The second kappa shape index (κ2) is 8.57. The van der Waals surface area contributed by atoms with Gasteiger partial charge in [0.15, 0.2) is 0 Å². The van der Waals surface area contributed by atoms with E-state index in [4.69, 9.17) is 14.7 Å². The maximum Gasteiger partial charge on any atom is 0.221 e. The molecule has 7 nitrogen and oxygen atoms in total. The minimum absolute atomic E-state index is 0.118. The molecule has 1 aromatic carbocycles. The summed E-state index contributed by atoms with van der Waals surface area (Å²) in [6.07, 6.45) is 2.47. The van der Waals surface area contributed by atoms with Gasteiger partial charge in [-0.2, -0.15) is 0 Å². The van der Waals surface area contributed by atoms with Gasteiger partial charge in [-0.25, -0.2) is 9.97 Å². The highest BCUT2D eigenvalue weighted by Gasteiger charge is 2.19. The predicted octanol–water partition coefficient (Wildman–Crippen LogP) is 4.61. The SMILES string of the molecule is COc1ccc(NC(C)=O)cc1Nc1nc(CN2CCCC2)nc2sc(C)c(C)c12. The Kier molecular flexibility index (Phi) is 5.87. The molecule has 1 fully saturated rings. The number of rotatable bonds is 6. The zero-order chi connectivity index (χ0) is 21.3. The average molecular weight is 426 g/mol. The molecule has 3 aromatic rings. The summed E-state index contributed by atoms with van der Waals surface area (Å²) in [7, 11) is 1.63. The lowest BCUT2D eigenvalue weighted by Gasteiger charge is -2.16. The highest BCUT2D eigenvalue weighted by Crippen LogP contribution is 2.37. The van der Waals surface area contributed by atoms with E-state index in [-0.39, 0.29) is 5.91 Å². The van der Waals surface area contributed by atoms with Crippen LogP contribution in [-0.2, 0) is 11.3 Å². The third-order valence-electron chi connectivity index (χ3n) is 5.41. The van der Waals surface area contributed by atoms with E-state index in [0.29, 0.717) is 11.4 Å². The highest BCUT2D eigenvalue weighted by molar-refractivity contribution is 7.18. The van der Waals surface area contributed by atoms with Gasteiger partial charge in [-0.3, -0.25) is 9.69 Å². The number of ether oxygens (including phenoxy) is 1. The number of aryl methyl sites for hydroxylation is 2. The van der Waals surface area contributed by atoms with Crippen molar-refractivity contribution in [3.8, 4) is 5.75 Å². The Morgan fingerprint density at radius 2 is 2.00 bits per heavy atom. The molecule has 1 saturated heterocycles. The van der Waals surface area contributed by atoms with Crippen LogP contribution in [0.5, 0.6) is 5.75 Å². The summed E-state index contributed by atoms with van der Waals surface area (Å²) in [5.41, 5.74) is 2.63. The fourth-order valence-electron chi connectivity index (χ4n) is 3.81. The summed E-state index contributed by atoms with van der Waals surface area (Å²) < 4.78 is 5.54. The number of amides is 1. The van der Waals surface area contributed by atoms with Crippen molar-refractivity contribution in [1.29, 1.82) is 0 Å². The fraction of sp³-hybridized carbons (Fsp3) is 0.409. The lowest BCUT2D eigenvalue weighted by atomic mass is 10.2. The molecule has 4 rings (SSSR count). The van der Waals surface area contributed by atoms with Crippen LogP contribution in [0.3, 0.4) is 0 Å². The molecule has 2 aromatic heterocycles. The lowest BCUT2D eigenvalue weighted by Crippen LogP contribution is -2.20. The highest BCUT2D eigenvalue weighted by atomic mass is 32.1. The van der Waals surface area contributed by atoms with Crippen LogP contribution in [0, 0.1) is 13.8 Å². The van der Waals surface area contributed by atoms with E-state index >= 15 is 0 Å². The number of fused-ring (bicyclic) bond motifs is 1. The van der Waals surface area contributed by atoms with Crippen LogP contribution in [0.15, 0.2) is 18.2 Å². The van der Waals surface area contributed by atoms with Crippen LogP contribution in [0.1, 0.15) is 36.0 Å². The fourth-order valence-corrected chi connectivity index (χ4v) is 4.86. The molecule has 0 bridgehead atoms. The van der Waals surface area contributed by atoms with Gasteiger partial charge < -0.3 is 15.4 Å². The smallest absolute Gasteiger partial charge is 0.221 e. The van der Waals surface area contributed by atoms with Gasteiger partial charge in [-0.15, -0.1) is 11.3 Å². The van der Waals surface area contributed by atoms with Crippen molar-refractivity contribution in [3.63, 3.8) is 0 Å². The van der Waals surface area contributed by atoms with Crippen molar-refractivity contribution in [2.75, 3.05) is 30.8 Å². The predicted molar refractivity (Wildman–Crippen MR) is 122 cm³/mol. The number of aromatic nitrogens is 2. The minimum atomic E-state index is -0.118. The number of methoxy groups -OCH3 is 1. The van der Waals surface area contributed by atoms with E-state index in [1.54, 1.807) is 18.4 Å². The van der Waals surface area contributed by atoms with Gasteiger partial charge in [-0.05, 0) is 63.5 Å². The molecule has 1 aliphatic heterocycles. The maximum absolute atomic E-state index is 11.5. The van der Waals surface area contributed by atoms with Crippen molar-refractivity contribution in [3.05, 3.63) is 34.5 Å². The first-order valence-electron chi connectivity index (χ1n) is 10.2. The molecule has 158 valence electrons. The van der Waals surface area contributed by atoms with E-state index in [1.807, 2.05) is 18.2 Å². The Balaban J connectivity index is 1.76. The van der Waals surface area contributed by atoms with E-state index in [1.165, 1.54) is 30.2 Å². The first-order chi connectivity index (χ1) is 14.4. The molecule has 2 N–H and O–H groups in total. The number of thiophene rings is 1. The lowest BCUT2D eigenvalue weighted by molar-refractivity contribution is -0.114. The van der Waals surface area contributed by atoms with E-state index in [0.717, 1.165) is 47.2 Å².